The van der Waals surface area contributed by atoms with Crippen molar-refractivity contribution >= 4 is 27.1 Å². The second-order valence-electron chi connectivity index (χ2n) is 4.98. The Morgan fingerprint density at radius 2 is 1.83 bits per heavy atom. The number of thiophene rings is 1. The van der Waals surface area contributed by atoms with Gasteiger partial charge in [-0.2, -0.15) is 0 Å². The molecule has 3 rings (SSSR count). The molecule has 24 heavy (non-hydrogen) atoms. The Hall–Kier alpha value is -2.51. The first-order valence-corrected chi connectivity index (χ1v) is 9.44. The van der Waals surface area contributed by atoms with Crippen molar-refractivity contribution < 1.29 is 13.2 Å². The van der Waals surface area contributed by atoms with Gasteiger partial charge in [-0.3, -0.25) is 9.78 Å². The highest BCUT2D eigenvalue weighted by Gasteiger charge is 2.21. The number of carbonyl (C=O) groups excluding carboxylic acids is 1. The van der Waals surface area contributed by atoms with E-state index in [1.807, 2.05) is 6.07 Å². The summed E-state index contributed by atoms with van der Waals surface area (Å²) in [4.78, 5) is 16.7. The first-order valence-electron chi connectivity index (χ1n) is 7.14. The van der Waals surface area contributed by atoms with E-state index in [4.69, 9.17) is 0 Å². The molecule has 0 radical (unpaired) electrons. The molecule has 0 aliphatic rings. The van der Waals surface area contributed by atoms with Gasteiger partial charge in [0, 0.05) is 18.9 Å². The molecule has 2 heterocycles. The Morgan fingerprint density at radius 3 is 2.54 bits per heavy atom. The van der Waals surface area contributed by atoms with Crippen molar-refractivity contribution in [3.05, 3.63) is 77.4 Å². The minimum absolute atomic E-state index is 0.153. The molecule has 0 atom stereocenters. The lowest BCUT2D eigenvalue weighted by Crippen LogP contribution is -2.21. The van der Waals surface area contributed by atoms with E-state index < -0.39 is 9.84 Å². The third-order valence-corrected chi connectivity index (χ3v) is 6.64. The van der Waals surface area contributed by atoms with Crippen LogP contribution in [0, 0.1) is 0 Å². The van der Waals surface area contributed by atoms with E-state index in [1.165, 1.54) is 24.3 Å². The largest absolute Gasteiger partial charge is 0.347 e. The maximum Gasteiger partial charge on any atom is 0.261 e. The average Bonchev–Trinajstić information content (AvgIpc) is 3.12. The van der Waals surface area contributed by atoms with Crippen LogP contribution >= 0.6 is 11.3 Å². The van der Waals surface area contributed by atoms with Crippen LogP contribution in [-0.4, -0.2) is 19.3 Å². The van der Waals surface area contributed by atoms with Gasteiger partial charge in [-0.05, 0) is 35.9 Å². The molecular weight excluding hydrogens is 344 g/mol. The standard InChI is InChI=1S/C17H14N2O3S2/c20-17(19-12-13-5-4-10-18-11-13)15-8-9-16(23-15)24(21,22)14-6-2-1-3-7-14/h1-11H,12H2,(H,19,20). The van der Waals surface area contributed by atoms with Gasteiger partial charge in [0.15, 0.2) is 0 Å². The van der Waals surface area contributed by atoms with Crippen molar-refractivity contribution in [2.45, 2.75) is 15.6 Å². The lowest BCUT2D eigenvalue weighted by atomic mass is 10.3. The number of nitrogens with one attached hydrogen (secondary N) is 1. The number of sulfone groups is 1. The van der Waals surface area contributed by atoms with Gasteiger partial charge in [-0.25, -0.2) is 8.42 Å². The zero-order valence-corrected chi connectivity index (χ0v) is 14.2. The van der Waals surface area contributed by atoms with E-state index in [1.54, 1.807) is 36.7 Å². The molecule has 0 aliphatic heterocycles. The zero-order chi connectivity index (χ0) is 17.0. The summed E-state index contributed by atoms with van der Waals surface area (Å²) in [6.07, 6.45) is 3.32. The number of hydrogen-bond acceptors (Lipinski definition) is 5. The quantitative estimate of drug-likeness (QED) is 0.761. The normalized spacial score (nSPS) is 11.2. The SMILES string of the molecule is O=C(NCc1cccnc1)c1ccc(S(=O)(=O)c2ccccc2)s1. The van der Waals surface area contributed by atoms with Crippen LogP contribution in [-0.2, 0) is 16.4 Å². The Bertz CT molecular complexity index is 936. The molecule has 1 N–H and O–H groups in total. The second kappa shape index (κ2) is 6.94. The maximum atomic E-state index is 12.5. The molecule has 0 fully saturated rings. The molecule has 0 saturated carbocycles. The van der Waals surface area contributed by atoms with Crippen LogP contribution in [0.2, 0.25) is 0 Å². The van der Waals surface area contributed by atoms with Gasteiger partial charge in [0.2, 0.25) is 9.84 Å². The number of amides is 1. The van der Waals surface area contributed by atoms with Gasteiger partial charge in [-0.1, -0.05) is 24.3 Å². The molecule has 122 valence electrons. The summed E-state index contributed by atoms with van der Waals surface area (Å²) in [5.74, 6) is -0.307. The molecule has 0 aliphatic carbocycles. The fraction of sp³-hybridized carbons (Fsp3) is 0.0588. The minimum atomic E-state index is -3.59. The summed E-state index contributed by atoms with van der Waals surface area (Å²) in [7, 11) is -3.59. The molecule has 0 saturated heterocycles. The summed E-state index contributed by atoms with van der Waals surface area (Å²) in [6, 6.07) is 14.8. The Kier molecular flexibility index (Phi) is 4.73. The van der Waals surface area contributed by atoms with Crippen molar-refractivity contribution in [3.8, 4) is 0 Å². The van der Waals surface area contributed by atoms with Crippen LogP contribution in [0.15, 0.2) is 76.1 Å². The number of benzene rings is 1. The fourth-order valence-electron chi connectivity index (χ4n) is 2.07. The average molecular weight is 358 g/mol. The Morgan fingerprint density at radius 1 is 1.04 bits per heavy atom. The van der Waals surface area contributed by atoms with Gasteiger partial charge >= 0.3 is 0 Å². The van der Waals surface area contributed by atoms with Crippen molar-refractivity contribution in [3.63, 3.8) is 0 Å². The molecule has 7 heteroatoms. The van der Waals surface area contributed by atoms with Crippen molar-refractivity contribution in [1.82, 2.24) is 10.3 Å². The second-order valence-corrected chi connectivity index (χ2v) is 8.24. The highest BCUT2D eigenvalue weighted by Crippen LogP contribution is 2.27. The summed E-state index contributed by atoms with van der Waals surface area (Å²) >= 11 is 0.962. The van der Waals surface area contributed by atoms with Crippen LogP contribution in [0.3, 0.4) is 0 Å². The van der Waals surface area contributed by atoms with E-state index in [9.17, 15) is 13.2 Å². The van der Waals surface area contributed by atoms with Gasteiger partial charge in [-0.15, -0.1) is 11.3 Å². The van der Waals surface area contributed by atoms with Crippen LogP contribution in [0.4, 0.5) is 0 Å². The number of hydrogen-bond donors (Lipinski definition) is 1. The van der Waals surface area contributed by atoms with Crippen molar-refractivity contribution in [2.75, 3.05) is 0 Å². The van der Waals surface area contributed by atoms with E-state index in [-0.39, 0.29) is 15.0 Å². The van der Waals surface area contributed by atoms with Gasteiger partial charge in [0.05, 0.1) is 9.77 Å². The highest BCUT2D eigenvalue weighted by molar-refractivity contribution is 7.93. The van der Waals surface area contributed by atoms with Gasteiger partial charge in [0.25, 0.3) is 5.91 Å². The molecule has 3 aromatic rings. The molecular formula is C17H14N2O3S2. The summed E-state index contributed by atoms with van der Waals surface area (Å²) in [5, 5.41) is 2.76. The monoisotopic (exact) mass is 358 g/mol. The topological polar surface area (TPSA) is 76.1 Å². The van der Waals surface area contributed by atoms with E-state index >= 15 is 0 Å². The smallest absolute Gasteiger partial charge is 0.261 e. The van der Waals surface area contributed by atoms with Crippen molar-refractivity contribution in [2.24, 2.45) is 0 Å². The highest BCUT2D eigenvalue weighted by atomic mass is 32.2. The predicted molar refractivity (Wildman–Crippen MR) is 91.6 cm³/mol. The number of rotatable bonds is 5. The summed E-state index contributed by atoms with van der Waals surface area (Å²) in [5.41, 5.74) is 0.875. The van der Waals surface area contributed by atoms with E-state index in [0.29, 0.717) is 11.4 Å². The van der Waals surface area contributed by atoms with Gasteiger partial charge in [0.1, 0.15) is 4.21 Å². The number of aromatic nitrogens is 1. The third-order valence-electron chi connectivity index (χ3n) is 3.30. The number of nitrogens with zero attached hydrogens (tertiary/aromatic N) is 1. The molecule has 0 spiro atoms. The first kappa shape index (κ1) is 16.4. The molecule has 2 aromatic heterocycles. The van der Waals surface area contributed by atoms with E-state index in [0.717, 1.165) is 16.9 Å². The number of pyridine rings is 1. The van der Waals surface area contributed by atoms with E-state index in [2.05, 4.69) is 10.3 Å². The van der Waals surface area contributed by atoms with Crippen LogP contribution in [0.5, 0.6) is 0 Å². The molecule has 1 aromatic carbocycles. The Balaban J connectivity index is 1.74. The van der Waals surface area contributed by atoms with Crippen molar-refractivity contribution in [1.29, 1.82) is 0 Å². The van der Waals surface area contributed by atoms with Crippen LogP contribution in [0.1, 0.15) is 15.2 Å². The Labute approximate surface area is 143 Å². The maximum absolute atomic E-state index is 12.5. The molecule has 1 amide bonds. The van der Waals surface area contributed by atoms with Crippen LogP contribution in [0.25, 0.3) is 0 Å². The number of carbonyl (C=O) groups is 1. The third kappa shape index (κ3) is 3.52. The zero-order valence-electron chi connectivity index (χ0n) is 12.5. The lowest BCUT2D eigenvalue weighted by molar-refractivity contribution is 0.0955. The lowest BCUT2D eigenvalue weighted by Gasteiger charge is -2.03. The molecule has 5 nitrogen and oxygen atoms in total. The van der Waals surface area contributed by atoms with Crippen LogP contribution < -0.4 is 5.32 Å². The predicted octanol–water partition coefficient (Wildman–Crippen LogP) is 2.91. The fourth-order valence-corrected chi connectivity index (χ4v) is 4.72. The summed E-state index contributed by atoms with van der Waals surface area (Å²) in [6.45, 7) is 0.339. The molecule has 0 unspecified atom stereocenters. The van der Waals surface area contributed by atoms with Gasteiger partial charge < -0.3 is 5.32 Å². The molecule has 0 bridgehead atoms. The first-order chi connectivity index (χ1) is 11.6. The minimum Gasteiger partial charge on any atom is -0.347 e. The summed E-state index contributed by atoms with van der Waals surface area (Å²) < 4.78 is 25.2.